The van der Waals surface area contributed by atoms with Crippen molar-refractivity contribution in [3.8, 4) is 0 Å². The largest absolute Gasteiger partial charge is 0.393 e. The number of hydrogen-bond acceptors (Lipinski definition) is 3. The van der Waals surface area contributed by atoms with Crippen molar-refractivity contribution in [3.63, 3.8) is 0 Å². The Hall–Kier alpha value is -0.380. The van der Waals surface area contributed by atoms with Gasteiger partial charge in [-0.1, -0.05) is 12.2 Å². The van der Waals surface area contributed by atoms with E-state index in [0.717, 1.165) is 5.57 Å². The lowest BCUT2D eigenvalue weighted by atomic mass is 9.89. The number of hydrogen-bond donors (Lipinski definition) is 3. The third-order valence-electron chi connectivity index (χ3n) is 2.40. The zero-order valence-corrected chi connectivity index (χ0v) is 6.67. The molecule has 0 saturated heterocycles. The molecule has 0 heterocycles. The quantitative estimate of drug-likeness (QED) is 0.463. The monoisotopic (exact) mass is 158 g/mol. The van der Waals surface area contributed by atoms with Crippen molar-refractivity contribution in [2.24, 2.45) is 0 Å². The number of aliphatic hydroxyl groups excluding tert-OH is 1. The van der Waals surface area contributed by atoms with Gasteiger partial charge >= 0.3 is 0 Å². The maximum atomic E-state index is 9.64. The zero-order valence-electron chi connectivity index (χ0n) is 6.67. The van der Waals surface area contributed by atoms with Crippen molar-refractivity contribution in [2.75, 3.05) is 6.61 Å². The van der Waals surface area contributed by atoms with Crippen LogP contribution in [0.1, 0.15) is 19.8 Å². The van der Waals surface area contributed by atoms with Gasteiger partial charge in [-0.2, -0.15) is 0 Å². The highest BCUT2D eigenvalue weighted by atomic mass is 16.4. The van der Waals surface area contributed by atoms with Crippen LogP contribution in [0.25, 0.3) is 0 Å². The molecule has 0 amide bonds. The number of aliphatic hydroxyl groups is 3. The van der Waals surface area contributed by atoms with Crippen LogP contribution in [0.5, 0.6) is 0 Å². The zero-order chi connectivity index (χ0) is 8.70. The highest BCUT2D eigenvalue weighted by Crippen LogP contribution is 2.41. The molecule has 64 valence electrons. The summed E-state index contributed by atoms with van der Waals surface area (Å²) in [5, 5.41) is 28.1. The Balaban J connectivity index is 2.89. The van der Waals surface area contributed by atoms with E-state index in [9.17, 15) is 10.2 Å². The summed E-state index contributed by atoms with van der Waals surface area (Å²) in [7, 11) is 0. The summed E-state index contributed by atoms with van der Waals surface area (Å²) in [6.07, 6.45) is 0.653. The van der Waals surface area contributed by atoms with Crippen LogP contribution in [0.3, 0.4) is 0 Å². The first-order valence-corrected chi connectivity index (χ1v) is 3.63. The van der Waals surface area contributed by atoms with E-state index in [2.05, 4.69) is 6.58 Å². The second-order valence-corrected chi connectivity index (χ2v) is 3.57. The van der Waals surface area contributed by atoms with Crippen LogP contribution in [0.2, 0.25) is 0 Å². The number of rotatable bonds is 1. The summed E-state index contributed by atoms with van der Waals surface area (Å²) in [6.45, 7) is 4.76. The van der Waals surface area contributed by atoms with Crippen LogP contribution in [0.4, 0.5) is 0 Å². The molecule has 0 bridgehead atoms. The lowest BCUT2D eigenvalue weighted by molar-refractivity contribution is -0.142. The summed E-state index contributed by atoms with van der Waals surface area (Å²) in [5.74, 6) is 0. The van der Waals surface area contributed by atoms with Gasteiger partial charge in [-0.05, 0) is 13.3 Å². The van der Waals surface area contributed by atoms with Gasteiger partial charge in [-0.15, -0.1) is 0 Å². The molecule has 0 radical (unpaired) electrons. The molecule has 3 nitrogen and oxygen atoms in total. The third kappa shape index (κ3) is 1.20. The van der Waals surface area contributed by atoms with Crippen LogP contribution in [0.15, 0.2) is 12.2 Å². The maximum absolute atomic E-state index is 9.64. The van der Waals surface area contributed by atoms with E-state index in [-0.39, 0.29) is 6.42 Å². The molecule has 11 heavy (non-hydrogen) atoms. The molecule has 1 aliphatic carbocycles. The minimum atomic E-state index is -1.38. The van der Waals surface area contributed by atoms with Gasteiger partial charge in [0.1, 0.15) is 5.60 Å². The van der Waals surface area contributed by atoms with Gasteiger partial charge in [0.05, 0.1) is 12.2 Å². The van der Waals surface area contributed by atoms with E-state index in [0.29, 0.717) is 6.42 Å². The van der Waals surface area contributed by atoms with E-state index in [1.165, 1.54) is 6.92 Å². The van der Waals surface area contributed by atoms with Gasteiger partial charge in [-0.3, -0.25) is 0 Å². The van der Waals surface area contributed by atoms with E-state index in [1.54, 1.807) is 0 Å². The molecule has 2 unspecified atom stereocenters. The standard InChI is InChI=1S/C8H14O3/c1-6-3-7(2,10)8(11,4-6)5-9/h9-11H,1,3-5H2,2H3. The predicted octanol–water partition coefficient (Wildman–Crippen LogP) is -0.189. The normalized spacial score (nSPS) is 44.9. The SMILES string of the molecule is C=C1CC(C)(O)C(O)(CO)C1. The van der Waals surface area contributed by atoms with Gasteiger partial charge < -0.3 is 15.3 Å². The minimum Gasteiger partial charge on any atom is -0.393 e. The summed E-state index contributed by atoms with van der Waals surface area (Å²) in [6, 6.07) is 0. The molecule has 1 rings (SSSR count). The molecule has 1 saturated carbocycles. The van der Waals surface area contributed by atoms with Crippen molar-refractivity contribution >= 4 is 0 Å². The molecule has 0 aromatic carbocycles. The molecular weight excluding hydrogens is 144 g/mol. The molecule has 0 aliphatic heterocycles. The Morgan fingerprint density at radius 2 is 2.00 bits per heavy atom. The molecule has 0 spiro atoms. The first kappa shape index (κ1) is 8.71. The highest BCUT2D eigenvalue weighted by Gasteiger charge is 2.50. The second kappa shape index (κ2) is 2.30. The maximum Gasteiger partial charge on any atom is 0.120 e. The summed E-state index contributed by atoms with van der Waals surface area (Å²) >= 11 is 0. The van der Waals surface area contributed by atoms with Crippen molar-refractivity contribution in [2.45, 2.75) is 31.0 Å². The molecule has 2 atom stereocenters. The Morgan fingerprint density at radius 3 is 2.18 bits per heavy atom. The second-order valence-electron chi connectivity index (χ2n) is 3.57. The van der Waals surface area contributed by atoms with Crippen LogP contribution < -0.4 is 0 Å². The summed E-state index contributed by atoms with van der Waals surface area (Å²) in [5.41, 5.74) is -1.82. The summed E-state index contributed by atoms with van der Waals surface area (Å²) in [4.78, 5) is 0. The van der Waals surface area contributed by atoms with Crippen LogP contribution in [-0.4, -0.2) is 33.1 Å². The lowest BCUT2D eigenvalue weighted by Crippen LogP contribution is -2.50. The molecule has 3 N–H and O–H groups in total. The van der Waals surface area contributed by atoms with Crippen LogP contribution >= 0.6 is 0 Å². The molecular formula is C8H14O3. The fourth-order valence-corrected chi connectivity index (χ4v) is 1.54. The van der Waals surface area contributed by atoms with Crippen molar-refractivity contribution in [1.29, 1.82) is 0 Å². The molecule has 0 aromatic rings. The van der Waals surface area contributed by atoms with E-state index in [4.69, 9.17) is 5.11 Å². The van der Waals surface area contributed by atoms with E-state index in [1.807, 2.05) is 0 Å². The van der Waals surface area contributed by atoms with Gasteiger partial charge in [0.15, 0.2) is 0 Å². The molecule has 1 fully saturated rings. The van der Waals surface area contributed by atoms with Crippen LogP contribution in [-0.2, 0) is 0 Å². The Labute approximate surface area is 66.0 Å². The average molecular weight is 158 g/mol. The van der Waals surface area contributed by atoms with Crippen molar-refractivity contribution < 1.29 is 15.3 Å². The van der Waals surface area contributed by atoms with Crippen molar-refractivity contribution in [3.05, 3.63) is 12.2 Å². The van der Waals surface area contributed by atoms with Gasteiger partial charge in [0.2, 0.25) is 0 Å². The smallest absolute Gasteiger partial charge is 0.120 e. The predicted molar refractivity (Wildman–Crippen MR) is 41.0 cm³/mol. The van der Waals surface area contributed by atoms with Gasteiger partial charge in [0, 0.05) is 6.42 Å². The Morgan fingerprint density at radius 1 is 1.45 bits per heavy atom. The first-order valence-electron chi connectivity index (χ1n) is 3.63. The van der Waals surface area contributed by atoms with E-state index < -0.39 is 17.8 Å². The fraction of sp³-hybridized carbons (Fsp3) is 0.750. The topological polar surface area (TPSA) is 60.7 Å². The van der Waals surface area contributed by atoms with Gasteiger partial charge in [-0.25, -0.2) is 0 Å². The highest BCUT2D eigenvalue weighted by molar-refractivity contribution is 5.19. The van der Waals surface area contributed by atoms with E-state index >= 15 is 0 Å². The molecule has 0 aromatic heterocycles. The third-order valence-corrected chi connectivity index (χ3v) is 2.40. The lowest BCUT2D eigenvalue weighted by Gasteiger charge is -2.32. The van der Waals surface area contributed by atoms with Crippen LogP contribution in [0, 0.1) is 0 Å². The average Bonchev–Trinajstić information content (AvgIpc) is 2.03. The van der Waals surface area contributed by atoms with Gasteiger partial charge in [0.25, 0.3) is 0 Å². The molecule has 3 heteroatoms. The first-order chi connectivity index (χ1) is 4.91. The Bertz CT molecular complexity index is 186. The fourth-order valence-electron chi connectivity index (χ4n) is 1.54. The Kier molecular flexibility index (Phi) is 1.82. The van der Waals surface area contributed by atoms with Crippen molar-refractivity contribution in [1.82, 2.24) is 0 Å². The minimum absolute atomic E-state index is 0.288. The molecule has 1 aliphatic rings. The summed E-state index contributed by atoms with van der Waals surface area (Å²) < 4.78 is 0.